The zero-order chi connectivity index (χ0) is 10.3. The molecule has 0 N–H and O–H groups in total. The van der Waals surface area contributed by atoms with E-state index in [1.54, 1.807) is 6.08 Å². The molecule has 2 rings (SSSR count). The second kappa shape index (κ2) is 2.91. The fraction of sp³-hybridized carbons (Fsp3) is 0.417. The van der Waals surface area contributed by atoms with Gasteiger partial charge in [-0.25, -0.2) is 4.39 Å². The molecule has 0 spiro atoms. The minimum absolute atomic E-state index is 0.0783. The Labute approximate surface area is 83.7 Å². The summed E-state index contributed by atoms with van der Waals surface area (Å²) in [5.41, 5.74) is 3.03. The number of aromatic nitrogens is 1. The predicted octanol–water partition coefficient (Wildman–Crippen LogP) is 3.25. The van der Waals surface area contributed by atoms with E-state index in [1.807, 2.05) is 12.3 Å². The molecule has 0 atom stereocenters. The van der Waals surface area contributed by atoms with Crippen molar-refractivity contribution in [1.29, 1.82) is 0 Å². The molecule has 0 saturated carbocycles. The molecular formula is C12H14FN. The van der Waals surface area contributed by atoms with Crippen LogP contribution in [0.2, 0.25) is 0 Å². The first-order valence-corrected chi connectivity index (χ1v) is 4.82. The molecule has 1 aromatic rings. The van der Waals surface area contributed by atoms with Crippen molar-refractivity contribution in [3.63, 3.8) is 0 Å². The fourth-order valence-corrected chi connectivity index (χ4v) is 1.57. The van der Waals surface area contributed by atoms with Crippen LogP contribution in [0.4, 0.5) is 4.39 Å². The van der Waals surface area contributed by atoms with E-state index in [2.05, 4.69) is 25.8 Å². The number of hydrogen-bond acceptors (Lipinski definition) is 1. The van der Waals surface area contributed by atoms with E-state index in [0.29, 0.717) is 6.42 Å². The van der Waals surface area contributed by atoms with Crippen LogP contribution >= 0.6 is 0 Å². The fourth-order valence-electron chi connectivity index (χ4n) is 1.57. The number of hydrogen-bond donors (Lipinski definition) is 0. The van der Waals surface area contributed by atoms with Crippen molar-refractivity contribution in [2.24, 2.45) is 0 Å². The molecule has 1 nitrogen and oxygen atoms in total. The monoisotopic (exact) mass is 191 g/mol. The van der Waals surface area contributed by atoms with Crippen molar-refractivity contribution in [3.8, 4) is 0 Å². The lowest BCUT2D eigenvalue weighted by Gasteiger charge is -2.18. The lowest BCUT2D eigenvalue weighted by Crippen LogP contribution is -2.12. The molecule has 0 fully saturated rings. The molecule has 0 amide bonds. The molecule has 0 aliphatic heterocycles. The zero-order valence-electron chi connectivity index (χ0n) is 8.76. The van der Waals surface area contributed by atoms with Crippen LogP contribution in [-0.2, 0) is 11.8 Å². The first kappa shape index (κ1) is 9.38. The number of pyridine rings is 1. The third-order valence-electron chi connectivity index (χ3n) is 2.52. The molecule has 1 aromatic heterocycles. The molecule has 0 saturated heterocycles. The smallest absolute Gasteiger partial charge is 0.107 e. The van der Waals surface area contributed by atoms with Crippen LogP contribution in [0.25, 0.3) is 6.08 Å². The van der Waals surface area contributed by atoms with Gasteiger partial charge in [0.25, 0.3) is 0 Å². The Balaban J connectivity index is 2.46. The van der Waals surface area contributed by atoms with E-state index in [0.717, 1.165) is 16.8 Å². The minimum Gasteiger partial charge on any atom is -0.260 e. The largest absolute Gasteiger partial charge is 0.260 e. The molecule has 0 radical (unpaired) electrons. The lowest BCUT2D eigenvalue weighted by atomic mass is 9.87. The zero-order valence-corrected chi connectivity index (χ0v) is 8.76. The van der Waals surface area contributed by atoms with Gasteiger partial charge in [-0.1, -0.05) is 20.8 Å². The molecule has 1 heterocycles. The van der Waals surface area contributed by atoms with Gasteiger partial charge in [0.05, 0.1) is 5.69 Å². The summed E-state index contributed by atoms with van der Waals surface area (Å²) >= 11 is 0. The first-order valence-electron chi connectivity index (χ1n) is 4.82. The number of allylic oxidation sites excluding steroid dienone is 1. The van der Waals surface area contributed by atoms with E-state index >= 15 is 0 Å². The van der Waals surface area contributed by atoms with E-state index in [9.17, 15) is 4.39 Å². The van der Waals surface area contributed by atoms with Gasteiger partial charge < -0.3 is 0 Å². The van der Waals surface area contributed by atoms with Gasteiger partial charge in [0.15, 0.2) is 0 Å². The van der Waals surface area contributed by atoms with Gasteiger partial charge in [-0.15, -0.1) is 0 Å². The van der Waals surface area contributed by atoms with Gasteiger partial charge >= 0.3 is 0 Å². The number of rotatable bonds is 0. The normalized spacial score (nSPS) is 15.3. The minimum atomic E-state index is -0.0847. The maximum atomic E-state index is 13.0. The summed E-state index contributed by atoms with van der Waals surface area (Å²) in [6, 6.07) is 2.04. The van der Waals surface area contributed by atoms with Crippen molar-refractivity contribution >= 4 is 6.08 Å². The summed E-state index contributed by atoms with van der Waals surface area (Å²) in [6.07, 6.45) is 3.79. The average molecular weight is 191 g/mol. The van der Waals surface area contributed by atoms with Gasteiger partial charge in [-0.05, 0) is 28.7 Å². The highest BCUT2D eigenvalue weighted by Gasteiger charge is 2.19. The first-order chi connectivity index (χ1) is 6.47. The van der Waals surface area contributed by atoms with Gasteiger partial charge in [0.1, 0.15) is 5.83 Å². The molecule has 1 aliphatic rings. The molecule has 0 bridgehead atoms. The Kier molecular flexibility index (Phi) is 1.95. The summed E-state index contributed by atoms with van der Waals surface area (Å²) in [4.78, 5) is 4.28. The number of halogens is 1. The maximum Gasteiger partial charge on any atom is 0.107 e. The van der Waals surface area contributed by atoms with E-state index < -0.39 is 0 Å². The van der Waals surface area contributed by atoms with Crippen LogP contribution in [0, 0.1) is 0 Å². The third kappa shape index (κ3) is 1.57. The molecule has 2 heteroatoms. The topological polar surface area (TPSA) is 12.9 Å². The van der Waals surface area contributed by atoms with Crippen molar-refractivity contribution in [2.45, 2.75) is 32.6 Å². The van der Waals surface area contributed by atoms with Crippen molar-refractivity contribution < 1.29 is 4.39 Å². The quantitative estimate of drug-likeness (QED) is 0.613. The Morgan fingerprint density at radius 3 is 2.71 bits per heavy atom. The van der Waals surface area contributed by atoms with E-state index in [1.165, 1.54) is 0 Å². The van der Waals surface area contributed by atoms with Gasteiger partial charge in [0.2, 0.25) is 0 Å². The van der Waals surface area contributed by atoms with E-state index in [4.69, 9.17) is 0 Å². The molecule has 14 heavy (non-hydrogen) atoms. The van der Waals surface area contributed by atoms with Gasteiger partial charge in [-0.2, -0.15) is 0 Å². The van der Waals surface area contributed by atoms with Gasteiger partial charge in [-0.3, -0.25) is 4.98 Å². The summed E-state index contributed by atoms with van der Waals surface area (Å²) in [5.74, 6) is -0.0847. The SMILES string of the molecule is CC(C)(C)c1cnc2c(c1)C=C(F)C2. The highest BCUT2D eigenvalue weighted by molar-refractivity contribution is 5.60. The summed E-state index contributed by atoms with van der Waals surface area (Å²) in [6.45, 7) is 6.39. The van der Waals surface area contributed by atoms with Crippen LogP contribution in [0.15, 0.2) is 18.1 Å². The maximum absolute atomic E-state index is 13.0. The van der Waals surface area contributed by atoms with Gasteiger partial charge in [0, 0.05) is 12.6 Å². The van der Waals surface area contributed by atoms with Crippen molar-refractivity contribution in [3.05, 3.63) is 34.9 Å². The Bertz CT molecular complexity index is 399. The standard InChI is InChI=1S/C12H14FN/c1-12(2,3)9-4-8-5-10(13)6-11(8)14-7-9/h4-5,7H,6H2,1-3H3. The van der Waals surface area contributed by atoms with Crippen LogP contribution in [0.5, 0.6) is 0 Å². The molecule has 74 valence electrons. The number of nitrogens with zero attached hydrogens (tertiary/aromatic N) is 1. The Morgan fingerprint density at radius 2 is 2.07 bits per heavy atom. The molecule has 0 aromatic carbocycles. The van der Waals surface area contributed by atoms with E-state index in [-0.39, 0.29) is 11.2 Å². The summed E-state index contributed by atoms with van der Waals surface area (Å²) in [7, 11) is 0. The highest BCUT2D eigenvalue weighted by atomic mass is 19.1. The second-order valence-corrected chi connectivity index (χ2v) is 4.78. The predicted molar refractivity (Wildman–Crippen MR) is 55.7 cm³/mol. The van der Waals surface area contributed by atoms with Crippen LogP contribution in [-0.4, -0.2) is 4.98 Å². The summed E-state index contributed by atoms with van der Waals surface area (Å²) in [5, 5.41) is 0. The lowest BCUT2D eigenvalue weighted by molar-refractivity contribution is 0.586. The van der Waals surface area contributed by atoms with Crippen molar-refractivity contribution in [1.82, 2.24) is 4.98 Å². The molecule has 0 unspecified atom stereocenters. The Morgan fingerprint density at radius 1 is 1.36 bits per heavy atom. The van der Waals surface area contributed by atoms with Crippen molar-refractivity contribution in [2.75, 3.05) is 0 Å². The molecular weight excluding hydrogens is 177 g/mol. The highest BCUT2D eigenvalue weighted by Crippen LogP contribution is 2.28. The Hall–Kier alpha value is -1.18. The second-order valence-electron chi connectivity index (χ2n) is 4.78. The van der Waals surface area contributed by atoms with Crippen LogP contribution < -0.4 is 0 Å². The van der Waals surface area contributed by atoms with Crippen LogP contribution in [0.3, 0.4) is 0 Å². The summed E-state index contributed by atoms with van der Waals surface area (Å²) < 4.78 is 13.0. The third-order valence-corrected chi connectivity index (χ3v) is 2.52. The number of fused-ring (bicyclic) bond motifs is 1. The average Bonchev–Trinajstić information content (AvgIpc) is 2.41. The molecule has 1 aliphatic carbocycles. The van der Waals surface area contributed by atoms with Crippen LogP contribution in [0.1, 0.15) is 37.6 Å².